The third kappa shape index (κ3) is 3.15. The molecular formula is C19H19N5O2. The number of benzene rings is 1. The van der Waals surface area contributed by atoms with E-state index >= 15 is 0 Å². The molecular weight excluding hydrogens is 330 g/mol. The number of amides is 1. The van der Waals surface area contributed by atoms with Gasteiger partial charge in [-0.1, -0.05) is 18.2 Å². The average Bonchev–Trinajstić information content (AvgIpc) is 3.23. The molecule has 1 amide bonds. The van der Waals surface area contributed by atoms with Crippen molar-refractivity contribution in [1.29, 1.82) is 0 Å². The first kappa shape index (κ1) is 16.3. The number of rotatable bonds is 3. The molecule has 7 heteroatoms. The predicted molar refractivity (Wildman–Crippen MR) is 96.3 cm³/mol. The summed E-state index contributed by atoms with van der Waals surface area (Å²) < 4.78 is 1.27. The summed E-state index contributed by atoms with van der Waals surface area (Å²) in [7, 11) is 0. The Hall–Kier alpha value is -3.22. The molecule has 0 radical (unpaired) electrons. The molecule has 0 aliphatic carbocycles. The number of H-pyrrole nitrogens is 1. The van der Waals surface area contributed by atoms with Crippen LogP contribution in [0.1, 0.15) is 34.9 Å². The smallest absolute Gasteiger partial charge is 0.274 e. The standard InChI is InChI=1S/C19H19N5O2/c25-18-9-8-17(22-24(18)15-6-2-1-3-7-15)19(26)23-12-4-5-14(13-23)16-10-11-20-21-16/h1-3,6-11,14H,4-5,12-13H2,(H,20,21)/t14-/m0/s1. The molecule has 2 aromatic heterocycles. The van der Waals surface area contributed by atoms with Gasteiger partial charge in [0.2, 0.25) is 0 Å². The summed E-state index contributed by atoms with van der Waals surface area (Å²) >= 11 is 0. The van der Waals surface area contributed by atoms with Gasteiger partial charge in [0, 0.05) is 37.0 Å². The van der Waals surface area contributed by atoms with Crippen LogP contribution in [0.2, 0.25) is 0 Å². The van der Waals surface area contributed by atoms with Gasteiger partial charge in [-0.05, 0) is 37.1 Å². The molecule has 1 aromatic carbocycles. The Kier molecular flexibility index (Phi) is 4.35. The zero-order chi connectivity index (χ0) is 17.9. The highest BCUT2D eigenvalue weighted by Crippen LogP contribution is 2.25. The lowest BCUT2D eigenvalue weighted by molar-refractivity contribution is 0.0698. The van der Waals surface area contributed by atoms with E-state index in [0.717, 1.165) is 18.5 Å². The van der Waals surface area contributed by atoms with Crippen LogP contribution in [0.15, 0.2) is 59.5 Å². The van der Waals surface area contributed by atoms with Gasteiger partial charge in [-0.3, -0.25) is 14.7 Å². The Morgan fingerprint density at radius 2 is 1.96 bits per heavy atom. The highest BCUT2D eigenvalue weighted by Gasteiger charge is 2.27. The van der Waals surface area contributed by atoms with Crippen molar-refractivity contribution in [2.75, 3.05) is 13.1 Å². The van der Waals surface area contributed by atoms with Crippen LogP contribution in [0, 0.1) is 0 Å². The van der Waals surface area contributed by atoms with Crippen LogP contribution in [0.25, 0.3) is 5.69 Å². The van der Waals surface area contributed by atoms with E-state index in [0.29, 0.717) is 18.8 Å². The number of piperidine rings is 1. The van der Waals surface area contributed by atoms with Crippen molar-refractivity contribution in [3.8, 4) is 5.69 Å². The third-order valence-electron chi connectivity index (χ3n) is 4.69. The molecule has 3 heterocycles. The summed E-state index contributed by atoms with van der Waals surface area (Å²) in [5.41, 5.74) is 1.70. The Morgan fingerprint density at radius 3 is 2.73 bits per heavy atom. The molecule has 1 saturated heterocycles. The molecule has 0 saturated carbocycles. The second-order valence-electron chi connectivity index (χ2n) is 6.41. The first-order valence-corrected chi connectivity index (χ1v) is 8.67. The SMILES string of the molecule is O=C(c1ccc(=O)n(-c2ccccc2)n1)N1CCC[C@H](c2ccn[nH]2)C1. The molecule has 1 N–H and O–H groups in total. The Balaban J connectivity index is 1.59. The third-order valence-corrected chi connectivity index (χ3v) is 4.69. The highest BCUT2D eigenvalue weighted by molar-refractivity contribution is 5.92. The number of aromatic nitrogens is 4. The lowest BCUT2D eigenvalue weighted by Crippen LogP contribution is -2.40. The molecule has 0 spiro atoms. The Morgan fingerprint density at radius 1 is 1.12 bits per heavy atom. The number of hydrogen-bond acceptors (Lipinski definition) is 4. The summed E-state index contributed by atoms with van der Waals surface area (Å²) in [6.45, 7) is 1.31. The number of carbonyl (C=O) groups excluding carboxylic acids is 1. The number of aromatic amines is 1. The van der Waals surface area contributed by atoms with E-state index in [2.05, 4.69) is 15.3 Å². The quantitative estimate of drug-likeness (QED) is 0.784. The lowest BCUT2D eigenvalue weighted by Gasteiger charge is -2.32. The molecule has 1 aliphatic rings. The normalized spacial score (nSPS) is 17.2. The fourth-order valence-corrected chi connectivity index (χ4v) is 3.35. The molecule has 0 unspecified atom stereocenters. The second-order valence-corrected chi connectivity index (χ2v) is 6.41. The van der Waals surface area contributed by atoms with Crippen molar-refractivity contribution in [2.24, 2.45) is 0 Å². The molecule has 1 atom stereocenters. The number of nitrogens with zero attached hydrogens (tertiary/aromatic N) is 4. The van der Waals surface area contributed by atoms with Crippen molar-refractivity contribution >= 4 is 5.91 Å². The van der Waals surface area contributed by atoms with Crippen molar-refractivity contribution in [3.05, 3.63) is 76.5 Å². The van der Waals surface area contributed by atoms with Crippen molar-refractivity contribution < 1.29 is 4.79 Å². The first-order chi connectivity index (χ1) is 12.7. The second kappa shape index (κ2) is 6.95. The molecule has 7 nitrogen and oxygen atoms in total. The number of carbonyl (C=O) groups is 1. The topological polar surface area (TPSA) is 83.9 Å². The number of nitrogens with one attached hydrogen (secondary N) is 1. The van der Waals surface area contributed by atoms with Gasteiger partial charge < -0.3 is 4.90 Å². The van der Waals surface area contributed by atoms with Gasteiger partial charge in [0.05, 0.1) is 5.69 Å². The average molecular weight is 349 g/mol. The number of likely N-dealkylation sites (tertiary alicyclic amines) is 1. The van der Waals surface area contributed by atoms with Crippen LogP contribution in [-0.4, -0.2) is 43.9 Å². The van der Waals surface area contributed by atoms with Crippen LogP contribution >= 0.6 is 0 Å². The summed E-state index contributed by atoms with van der Waals surface area (Å²) in [4.78, 5) is 26.9. The first-order valence-electron chi connectivity index (χ1n) is 8.67. The van der Waals surface area contributed by atoms with E-state index in [-0.39, 0.29) is 23.1 Å². The van der Waals surface area contributed by atoms with Gasteiger partial charge in [0.25, 0.3) is 11.5 Å². The summed E-state index contributed by atoms with van der Waals surface area (Å²) in [5.74, 6) is 0.0918. The van der Waals surface area contributed by atoms with Crippen LogP contribution in [0.5, 0.6) is 0 Å². The number of hydrogen-bond donors (Lipinski definition) is 1. The van der Waals surface area contributed by atoms with E-state index < -0.39 is 0 Å². The minimum atomic E-state index is -0.262. The largest absolute Gasteiger partial charge is 0.337 e. The van der Waals surface area contributed by atoms with E-state index in [1.54, 1.807) is 23.2 Å². The van der Waals surface area contributed by atoms with Crippen molar-refractivity contribution in [3.63, 3.8) is 0 Å². The lowest BCUT2D eigenvalue weighted by atomic mass is 9.95. The highest BCUT2D eigenvalue weighted by atomic mass is 16.2. The van der Waals surface area contributed by atoms with Crippen molar-refractivity contribution in [1.82, 2.24) is 24.9 Å². The van der Waals surface area contributed by atoms with Crippen LogP contribution in [0.4, 0.5) is 0 Å². The Bertz CT molecular complexity index is 950. The van der Waals surface area contributed by atoms with Crippen LogP contribution in [-0.2, 0) is 0 Å². The fraction of sp³-hybridized carbons (Fsp3) is 0.263. The van der Waals surface area contributed by atoms with E-state index in [1.807, 2.05) is 24.3 Å². The maximum Gasteiger partial charge on any atom is 0.274 e. The van der Waals surface area contributed by atoms with E-state index in [1.165, 1.54) is 16.8 Å². The molecule has 0 bridgehead atoms. The minimum absolute atomic E-state index is 0.154. The number of para-hydroxylation sites is 1. The van der Waals surface area contributed by atoms with E-state index in [4.69, 9.17) is 0 Å². The monoisotopic (exact) mass is 349 g/mol. The van der Waals surface area contributed by atoms with Gasteiger partial charge in [-0.25, -0.2) is 0 Å². The molecule has 3 aromatic rings. The molecule has 4 rings (SSSR count). The molecule has 1 aliphatic heterocycles. The zero-order valence-electron chi connectivity index (χ0n) is 14.2. The zero-order valence-corrected chi connectivity index (χ0v) is 14.2. The fourth-order valence-electron chi connectivity index (χ4n) is 3.35. The van der Waals surface area contributed by atoms with Crippen molar-refractivity contribution in [2.45, 2.75) is 18.8 Å². The predicted octanol–water partition coefficient (Wildman–Crippen LogP) is 1.98. The molecule has 132 valence electrons. The maximum atomic E-state index is 12.9. The van der Waals surface area contributed by atoms with Gasteiger partial charge in [-0.15, -0.1) is 0 Å². The summed E-state index contributed by atoms with van der Waals surface area (Å²) in [6.07, 6.45) is 3.67. The van der Waals surface area contributed by atoms with E-state index in [9.17, 15) is 9.59 Å². The minimum Gasteiger partial charge on any atom is -0.337 e. The van der Waals surface area contributed by atoms with Crippen LogP contribution < -0.4 is 5.56 Å². The summed E-state index contributed by atoms with van der Waals surface area (Å²) in [6, 6.07) is 14.0. The molecule has 1 fully saturated rings. The summed E-state index contributed by atoms with van der Waals surface area (Å²) in [5, 5.41) is 11.3. The van der Waals surface area contributed by atoms with Gasteiger partial charge in [0.1, 0.15) is 5.69 Å². The van der Waals surface area contributed by atoms with Gasteiger partial charge in [0.15, 0.2) is 0 Å². The maximum absolute atomic E-state index is 12.9. The van der Waals surface area contributed by atoms with Crippen LogP contribution in [0.3, 0.4) is 0 Å². The van der Waals surface area contributed by atoms with Gasteiger partial charge in [-0.2, -0.15) is 14.9 Å². The Labute approximate surface area is 150 Å². The molecule has 26 heavy (non-hydrogen) atoms. The van der Waals surface area contributed by atoms with Gasteiger partial charge >= 0.3 is 0 Å².